The summed E-state index contributed by atoms with van der Waals surface area (Å²) >= 11 is 0. The summed E-state index contributed by atoms with van der Waals surface area (Å²) in [4.78, 5) is 0.240. The summed E-state index contributed by atoms with van der Waals surface area (Å²) in [7, 11) is -3.55. The third-order valence-corrected chi connectivity index (χ3v) is 4.74. The lowest BCUT2D eigenvalue weighted by atomic mass is 9.91. The van der Waals surface area contributed by atoms with Crippen LogP contribution in [0.5, 0.6) is 0 Å². The van der Waals surface area contributed by atoms with Gasteiger partial charge in [0.25, 0.3) is 0 Å². The molecule has 19 heavy (non-hydrogen) atoms. The Morgan fingerprint density at radius 3 is 2.47 bits per heavy atom. The third-order valence-electron chi connectivity index (χ3n) is 3.24. The molecule has 0 spiro atoms. The van der Waals surface area contributed by atoms with Gasteiger partial charge in [-0.05, 0) is 31.9 Å². The average molecular weight is 276 g/mol. The van der Waals surface area contributed by atoms with Gasteiger partial charge < -0.3 is 0 Å². The molecule has 2 atom stereocenters. The fourth-order valence-electron chi connectivity index (χ4n) is 2.07. The summed E-state index contributed by atoms with van der Waals surface area (Å²) in [5.74, 6) is -0.301. The lowest BCUT2D eigenvalue weighted by Crippen LogP contribution is -2.40. The highest BCUT2D eigenvalue weighted by Gasteiger charge is 2.27. The Labute approximate surface area is 113 Å². The Bertz CT molecular complexity index is 612. The van der Waals surface area contributed by atoms with Crippen molar-refractivity contribution in [1.29, 1.82) is 5.26 Å². The Balaban J connectivity index is 2.19. The van der Waals surface area contributed by atoms with Gasteiger partial charge in [0.05, 0.1) is 16.9 Å². The van der Waals surface area contributed by atoms with Gasteiger partial charge in [-0.25, -0.2) is 13.1 Å². The van der Waals surface area contributed by atoms with Crippen LogP contribution in [0.15, 0.2) is 41.3 Å². The highest BCUT2D eigenvalue weighted by molar-refractivity contribution is 7.89. The van der Waals surface area contributed by atoms with Crippen LogP contribution in [0.4, 0.5) is 0 Å². The molecule has 1 aliphatic carbocycles. The lowest BCUT2D eigenvalue weighted by Gasteiger charge is -2.24. The fraction of sp³-hybridized carbons (Fsp3) is 0.357. The first-order valence-corrected chi connectivity index (χ1v) is 7.65. The van der Waals surface area contributed by atoms with Crippen molar-refractivity contribution < 1.29 is 8.42 Å². The van der Waals surface area contributed by atoms with Crippen molar-refractivity contribution in [3.8, 4) is 6.07 Å². The smallest absolute Gasteiger partial charge is 0.207 e. The number of rotatable bonds is 3. The van der Waals surface area contributed by atoms with E-state index in [2.05, 4.69) is 10.8 Å². The molecule has 1 aliphatic rings. The highest BCUT2D eigenvalue weighted by atomic mass is 32.2. The van der Waals surface area contributed by atoms with Gasteiger partial charge in [0.1, 0.15) is 0 Å². The van der Waals surface area contributed by atoms with Crippen LogP contribution < -0.4 is 4.72 Å². The zero-order chi connectivity index (χ0) is 13.9. The summed E-state index contributed by atoms with van der Waals surface area (Å²) < 4.78 is 27.1. The Kier molecular flexibility index (Phi) is 4.03. The number of aryl methyl sites for hydroxylation is 1. The molecular formula is C14H16N2O2S. The van der Waals surface area contributed by atoms with E-state index in [1.54, 1.807) is 24.3 Å². The minimum atomic E-state index is -3.55. The zero-order valence-corrected chi connectivity index (χ0v) is 11.5. The largest absolute Gasteiger partial charge is 0.240 e. The molecule has 1 aromatic carbocycles. The van der Waals surface area contributed by atoms with Gasteiger partial charge in [-0.1, -0.05) is 29.8 Å². The van der Waals surface area contributed by atoms with Crippen molar-refractivity contribution in [2.75, 3.05) is 0 Å². The minimum Gasteiger partial charge on any atom is -0.207 e. The first-order chi connectivity index (χ1) is 9.03. The molecule has 1 N–H and O–H groups in total. The number of benzene rings is 1. The average Bonchev–Trinajstić information content (AvgIpc) is 2.39. The molecule has 0 unspecified atom stereocenters. The first kappa shape index (κ1) is 13.8. The number of nitrogens with zero attached hydrogens (tertiary/aromatic N) is 1. The number of allylic oxidation sites excluding steroid dienone is 1. The highest BCUT2D eigenvalue weighted by Crippen LogP contribution is 2.21. The van der Waals surface area contributed by atoms with E-state index in [-0.39, 0.29) is 16.9 Å². The van der Waals surface area contributed by atoms with Gasteiger partial charge in [-0.2, -0.15) is 5.26 Å². The predicted molar refractivity (Wildman–Crippen MR) is 72.8 cm³/mol. The molecule has 0 fully saturated rings. The van der Waals surface area contributed by atoms with E-state index in [1.807, 2.05) is 19.1 Å². The molecule has 100 valence electrons. The quantitative estimate of drug-likeness (QED) is 0.860. The van der Waals surface area contributed by atoms with Gasteiger partial charge in [0.15, 0.2) is 0 Å². The topological polar surface area (TPSA) is 70.0 Å². The van der Waals surface area contributed by atoms with Crippen LogP contribution in [0, 0.1) is 24.2 Å². The van der Waals surface area contributed by atoms with Crippen LogP contribution in [-0.2, 0) is 10.0 Å². The fourth-order valence-corrected chi connectivity index (χ4v) is 3.36. The molecule has 4 nitrogen and oxygen atoms in total. The molecule has 0 heterocycles. The van der Waals surface area contributed by atoms with E-state index in [1.165, 1.54) is 0 Å². The molecule has 0 amide bonds. The second-order valence-electron chi connectivity index (χ2n) is 4.72. The maximum atomic E-state index is 12.2. The van der Waals surface area contributed by atoms with Crippen LogP contribution in [0.2, 0.25) is 0 Å². The molecule has 0 saturated heterocycles. The van der Waals surface area contributed by atoms with Crippen molar-refractivity contribution in [2.45, 2.75) is 30.7 Å². The number of sulfonamides is 1. The van der Waals surface area contributed by atoms with Crippen molar-refractivity contribution >= 4 is 10.0 Å². The van der Waals surface area contributed by atoms with E-state index >= 15 is 0 Å². The molecule has 0 bridgehead atoms. The molecule has 1 aromatic rings. The predicted octanol–water partition coefficient (Wildman–Crippen LogP) is 2.13. The van der Waals surface area contributed by atoms with Crippen LogP contribution in [0.1, 0.15) is 18.4 Å². The van der Waals surface area contributed by atoms with E-state index in [0.717, 1.165) is 5.56 Å². The van der Waals surface area contributed by atoms with Crippen molar-refractivity contribution in [3.63, 3.8) is 0 Å². The summed E-state index contributed by atoms with van der Waals surface area (Å²) in [5.41, 5.74) is 1.01. The van der Waals surface area contributed by atoms with Gasteiger partial charge in [0.2, 0.25) is 10.0 Å². The van der Waals surface area contributed by atoms with Crippen molar-refractivity contribution in [3.05, 3.63) is 42.0 Å². The Hall–Kier alpha value is -1.64. The van der Waals surface area contributed by atoms with Gasteiger partial charge in [-0.15, -0.1) is 0 Å². The molecule has 5 heteroatoms. The van der Waals surface area contributed by atoms with Crippen LogP contribution >= 0.6 is 0 Å². The third kappa shape index (κ3) is 3.22. The van der Waals surface area contributed by atoms with Gasteiger partial charge in [0, 0.05) is 6.04 Å². The maximum absolute atomic E-state index is 12.2. The summed E-state index contributed by atoms with van der Waals surface area (Å²) in [5, 5.41) is 9.05. The molecule has 0 aliphatic heterocycles. The molecule has 0 saturated carbocycles. The van der Waals surface area contributed by atoms with E-state index in [4.69, 9.17) is 5.26 Å². The summed E-state index contributed by atoms with van der Waals surface area (Å²) in [6.45, 7) is 1.90. The second-order valence-corrected chi connectivity index (χ2v) is 6.43. The molecule has 2 rings (SSSR count). The number of hydrogen-bond donors (Lipinski definition) is 1. The standard InChI is InChI=1S/C14H16N2O2S/c1-11-6-8-13(9-7-11)19(17,18)16-14-5-3-2-4-12(14)10-15/h2-3,6-9,12,14,16H,4-5H2,1H3/t12-,14-/m1/s1. The Morgan fingerprint density at radius 2 is 1.84 bits per heavy atom. The van der Waals surface area contributed by atoms with Gasteiger partial charge in [-0.3, -0.25) is 0 Å². The van der Waals surface area contributed by atoms with E-state index in [9.17, 15) is 8.42 Å². The monoisotopic (exact) mass is 276 g/mol. The summed E-state index contributed by atoms with van der Waals surface area (Å²) in [6, 6.07) is 8.50. The van der Waals surface area contributed by atoms with E-state index < -0.39 is 10.0 Å². The SMILES string of the molecule is Cc1ccc(S(=O)(=O)N[C@@H]2CC=CC[C@@H]2C#N)cc1. The normalized spacial score (nSPS) is 22.9. The van der Waals surface area contributed by atoms with Crippen LogP contribution in [0.3, 0.4) is 0 Å². The van der Waals surface area contributed by atoms with Crippen LogP contribution in [0.25, 0.3) is 0 Å². The zero-order valence-electron chi connectivity index (χ0n) is 10.7. The second kappa shape index (κ2) is 5.55. The molecule has 0 aromatic heterocycles. The number of nitriles is 1. The number of hydrogen-bond acceptors (Lipinski definition) is 3. The Morgan fingerprint density at radius 1 is 1.21 bits per heavy atom. The van der Waals surface area contributed by atoms with Crippen molar-refractivity contribution in [2.24, 2.45) is 5.92 Å². The molecular weight excluding hydrogens is 260 g/mol. The number of nitrogens with one attached hydrogen (secondary N) is 1. The van der Waals surface area contributed by atoms with Gasteiger partial charge >= 0.3 is 0 Å². The minimum absolute atomic E-state index is 0.240. The van der Waals surface area contributed by atoms with Crippen LogP contribution in [-0.4, -0.2) is 14.5 Å². The maximum Gasteiger partial charge on any atom is 0.240 e. The lowest BCUT2D eigenvalue weighted by molar-refractivity contribution is 0.455. The van der Waals surface area contributed by atoms with E-state index in [0.29, 0.717) is 12.8 Å². The van der Waals surface area contributed by atoms with Crippen molar-refractivity contribution in [1.82, 2.24) is 4.72 Å². The summed E-state index contributed by atoms with van der Waals surface area (Å²) in [6.07, 6.45) is 4.99. The first-order valence-electron chi connectivity index (χ1n) is 6.16. The molecule has 0 radical (unpaired) electrons.